The van der Waals surface area contributed by atoms with Crippen molar-refractivity contribution in [1.82, 2.24) is 5.32 Å². The molecule has 1 amide bonds. The molecule has 1 aromatic rings. The summed E-state index contributed by atoms with van der Waals surface area (Å²) >= 11 is 1.36. The predicted molar refractivity (Wildman–Crippen MR) is 123 cm³/mol. The molecular formula is C21H31N3O6S. The summed E-state index contributed by atoms with van der Waals surface area (Å²) in [7, 11) is 3.12. The highest BCUT2D eigenvalue weighted by Crippen LogP contribution is 2.30. The maximum Gasteiger partial charge on any atom is 0.411 e. The number of rotatable bonds is 8. The van der Waals surface area contributed by atoms with E-state index in [1.807, 2.05) is 12.3 Å². The number of aliphatic imine (C=N–C) groups is 1. The number of carbonyl (C=O) groups is 2. The summed E-state index contributed by atoms with van der Waals surface area (Å²) in [5.74, 6) is 0.604. The number of anilines is 1. The van der Waals surface area contributed by atoms with Crippen LogP contribution in [-0.4, -0.2) is 56.5 Å². The van der Waals surface area contributed by atoms with Gasteiger partial charge >= 0.3 is 12.1 Å². The Bertz CT molecular complexity index is 818. The Hall–Kier alpha value is -2.88. The fraction of sp³-hybridized carbons (Fsp3) is 0.476. The van der Waals surface area contributed by atoms with Crippen molar-refractivity contribution in [3.05, 3.63) is 30.0 Å². The molecular weight excluding hydrogens is 422 g/mol. The lowest BCUT2D eigenvalue weighted by atomic mass is 10.2. The number of hydrogen-bond acceptors (Lipinski definition) is 8. The van der Waals surface area contributed by atoms with Crippen molar-refractivity contribution >= 4 is 34.7 Å². The third kappa shape index (κ3) is 9.65. The van der Waals surface area contributed by atoms with Crippen LogP contribution in [0.1, 0.15) is 27.7 Å². The fourth-order valence-electron chi connectivity index (χ4n) is 2.20. The summed E-state index contributed by atoms with van der Waals surface area (Å²) in [6.45, 7) is 7.13. The third-order valence-electron chi connectivity index (χ3n) is 3.52. The molecule has 31 heavy (non-hydrogen) atoms. The SMILES string of the molecule is CCOC(=O)/C(=C\NC(=O)OC(C)(C)C)CN=C(Nc1ccc(OC)c(OC)c1)SC. The van der Waals surface area contributed by atoms with Crippen LogP contribution in [-0.2, 0) is 14.3 Å². The van der Waals surface area contributed by atoms with E-state index in [4.69, 9.17) is 18.9 Å². The number of nitrogens with zero attached hydrogens (tertiary/aromatic N) is 1. The number of thioether (sulfide) groups is 1. The van der Waals surface area contributed by atoms with Crippen molar-refractivity contribution in [1.29, 1.82) is 0 Å². The molecule has 0 fully saturated rings. The van der Waals surface area contributed by atoms with Gasteiger partial charge in [-0.2, -0.15) is 0 Å². The topological polar surface area (TPSA) is 107 Å². The molecule has 0 radical (unpaired) electrons. The van der Waals surface area contributed by atoms with Gasteiger partial charge < -0.3 is 24.3 Å². The number of amidine groups is 1. The minimum atomic E-state index is -0.674. The molecule has 1 rings (SSSR count). The Morgan fingerprint density at radius 2 is 1.84 bits per heavy atom. The summed E-state index contributed by atoms with van der Waals surface area (Å²) in [5, 5.41) is 6.17. The zero-order chi connectivity index (χ0) is 23.4. The van der Waals surface area contributed by atoms with Crippen LogP contribution in [0.3, 0.4) is 0 Å². The predicted octanol–water partition coefficient (Wildman–Crippen LogP) is 3.81. The molecule has 0 spiro atoms. The smallest absolute Gasteiger partial charge is 0.411 e. The second kappa shape index (κ2) is 12.7. The monoisotopic (exact) mass is 453 g/mol. The van der Waals surface area contributed by atoms with E-state index in [2.05, 4.69) is 15.6 Å². The van der Waals surface area contributed by atoms with Gasteiger partial charge in [-0.3, -0.25) is 10.3 Å². The van der Waals surface area contributed by atoms with Gasteiger partial charge in [0.05, 0.1) is 32.9 Å². The van der Waals surface area contributed by atoms with Crippen LogP contribution < -0.4 is 20.1 Å². The lowest BCUT2D eigenvalue weighted by molar-refractivity contribution is -0.138. The molecule has 0 saturated heterocycles. The lowest BCUT2D eigenvalue weighted by Gasteiger charge is -2.19. The van der Waals surface area contributed by atoms with Gasteiger partial charge in [-0.1, -0.05) is 11.8 Å². The summed E-state index contributed by atoms with van der Waals surface area (Å²) in [6.07, 6.45) is 2.43. The van der Waals surface area contributed by atoms with Gasteiger partial charge in [-0.25, -0.2) is 9.59 Å². The van der Waals surface area contributed by atoms with Crippen molar-refractivity contribution < 1.29 is 28.5 Å². The van der Waals surface area contributed by atoms with E-state index < -0.39 is 17.7 Å². The van der Waals surface area contributed by atoms with E-state index in [0.717, 1.165) is 5.69 Å². The van der Waals surface area contributed by atoms with Gasteiger partial charge in [0.2, 0.25) is 0 Å². The molecule has 0 unspecified atom stereocenters. The molecule has 1 aromatic carbocycles. The number of benzene rings is 1. The molecule has 0 saturated carbocycles. The van der Waals surface area contributed by atoms with Gasteiger partial charge in [0.25, 0.3) is 0 Å². The molecule has 0 heterocycles. The summed E-state index contributed by atoms with van der Waals surface area (Å²) in [4.78, 5) is 28.6. The largest absolute Gasteiger partial charge is 0.493 e. The highest BCUT2D eigenvalue weighted by Gasteiger charge is 2.17. The van der Waals surface area contributed by atoms with Gasteiger partial charge in [0, 0.05) is 18.0 Å². The van der Waals surface area contributed by atoms with E-state index in [1.165, 1.54) is 18.0 Å². The average Bonchev–Trinajstić information content (AvgIpc) is 2.71. The molecule has 10 heteroatoms. The number of ether oxygens (including phenoxy) is 4. The van der Waals surface area contributed by atoms with Crippen LogP contribution >= 0.6 is 11.8 Å². The minimum absolute atomic E-state index is 0.00884. The maximum absolute atomic E-state index is 12.2. The highest BCUT2D eigenvalue weighted by atomic mass is 32.2. The third-order valence-corrected chi connectivity index (χ3v) is 4.14. The first-order valence-corrected chi connectivity index (χ1v) is 10.8. The van der Waals surface area contributed by atoms with Crippen LogP contribution in [0.4, 0.5) is 10.5 Å². The molecule has 0 aliphatic heterocycles. The van der Waals surface area contributed by atoms with Gasteiger partial charge in [0.15, 0.2) is 16.7 Å². The van der Waals surface area contributed by atoms with E-state index >= 15 is 0 Å². The zero-order valence-electron chi connectivity index (χ0n) is 19.0. The van der Waals surface area contributed by atoms with E-state index in [0.29, 0.717) is 16.7 Å². The highest BCUT2D eigenvalue weighted by molar-refractivity contribution is 8.13. The molecule has 172 valence electrons. The van der Waals surface area contributed by atoms with Crippen LogP contribution in [0, 0.1) is 0 Å². The lowest BCUT2D eigenvalue weighted by Crippen LogP contribution is -2.30. The van der Waals surface area contributed by atoms with Crippen molar-refractivity contribution in [2.45, 2.75) is 33.3 Å². The van der Waals surface area contributed by atoms with Crippen LogP contribution in [0.15, 0.2) is 35.0 Å². The van der Waals surface area contributed by atoms with Crippen LogP contribution in [0.2, 0.25) is 0 Å². The Labute approximate surface area is 187 Å². The van der Waals surface area contributed by atoms with Crippen LogP contribution in [0.5, 0.6) is 11.5 Å². The zero-order valence-corrected chi connectivity index (χ0v) is 19.8. The number of methoxy groups -OCH3 is 2. The van der Waals surface area contributed by atoms with Crippen molar-refractivity contribution in [2.24, 2.45) is 4.99 Å². The molecule has 2 N–H and O–H groups in total. The quantitative estimate of drug-likeness (QED) is 0.265. The Balaban J connectivity index is 2.97. The first-order valence-electron chi connectivity index (χ1n) is 9.56. The Kier molecular flexibility index (Phi) is 10.7. The second-order valence-corrected chi connectivity index (χ2v) is 7.85. The molecule has 0 bridgehead atoms. The summed E-state index contributed by atoms with van der Waals surface area (Å²) < 4.78 is 20.8. The minimum Gasteiger partial charge on any atom is -0.493 e. The second-order valence-electron chi connectivity index (χ2n) is 7.06. The summed E-state index contributed by atoms with van der Waals surface area (Å²) in [5.41, 5.74) is 0.253. The van der Waals surface area contributed by atoms with Gasteiger partial charge in [0.1, 0.15) is 5.60 Å². The number of nitrogens with one attached hydrogen (secondary N) is 2. The Morgan fingerprint density at radius 3 is 2.39 bits per heavy atom. The van der Waals surface area contributed by atoms with Crippen molar-refractivity contribution in [3.63, 3.8) is 0 Å². The van der Waals surface area contributed by atoms with Crippen LogP contribution in [0.25, 0.3) is 0 Å². The molecule has 0 atom stereocenters. The first kappa shape index (κ1) is 26.2. The maximum atomic E-state index is 12.2. The standard InChI is InChI=1S/C21H31N3O6S/c1-8-29-18(25)14(13-23-20(26)30-21(2,3)4)12-22-19(31-7)24-15-9-10-16(27-5)17(11-15)28-6/h9-11,13H,8,12H2,1-7H3,(H,22,24)(H,23,26)/b14-13-. The van der Waals surface area contributed by atoms with Crippen molar-refractivity contribution in [2.75, 3.05) is 38.9 Å². The average molecular weight is 454 g/mol. The van der Waals surface area contributed by atoms with Crippen molar-refractivity contribution in [3.8, 4) is 11.5 Å². The van der Waals surface area contributed by atoms with E-state index in [-0.39, 0.29) is 18.7 Å². The van der Waals surface area contributed by atoms with E-state index in [9.17, 15) is 9.59 Å². The number of hydrogen-bond donors (Lipinski definition) is 2. The number of alkyl carbamates (subject to hydrolysis) is 1. The first-order chi connectivity index (χ1) is 14.6. The molecule has 0 aromatic heterocycles. The van der Waals surface area contributed by atoms with Gasteiger partial charge in [-0.15, -0.1) is 0 Å². The van der Waals surface area contributed by atoms with Gasteiger partial charge in [-0.05, 0) is 46.1 Å². The molecule has 9 nitrogen and oxygen atoms in total. The number of esters is 1. The Morgan fingerprint density at radius 1 is 1.16 bits per heavy atom. The number of carbonyl (C=O) groups excluding carboxylic acids is 2. The normalized spacial score (nSPS) is 12.1. The van der Waals surface area contributed by atoms with E-state index in [1.54, 1.807) is 54.0 Å². The summed E-state index contributed by atoms with van der Waals surface area (Å²) in [6, 6.07) is 5.36. The molecule has 0 aliphatic rings. The molecule has 0 aliphatic carbocycles. The fourth-order valence-corrected chi connectivity index (χ4v) is 2.61. The number of amides is 1.